The van der Waals surface area contributed by atoms with E-state index in [0.717, 1.165) is 0 Å². The van der Waals surface area contributed by atoms with Gasteiger partial charge in [-0.25, -0.2) is 9.48 Å². The number of hydrogen-bond acceptors (Lipinski definition) is 7. The maximum atomic E-state index is 13.4. The minimum absolute atomic E-state index is 0.139. The second kappa shape index (κ2) is 11.7. The number of hydrogen-bond donors (Lipinski definition) is 1. The molecule has 3 aromatic rings. The van der Waals surface area contributed by atoms with E-state index in [1.165, 1.54) is 10.9 Å². The summed E-state index contributed by atoms with van der Waals surface area (Å²) in [7, 11) is 0. The smallest absolute Gasteiger partial charge is 0.343 e. The van der Waals surface area contributed by atoms with Crippen molar-refractivity contribution >= 4 is 17.7 Å². The predicted octanol–water partition coefficient (Wildman–Crippen LogP) is 4.50. The second-order valence-corrected chi connectivity index (χ2v) is 6.93. The Hall–Kier alpha value is -4.01. The van der Waals surface area contributed by atoms with E-state index in [-0.39, 0.29) is 23.6 Å². The summed E-state index contributed by atoms with van der Waals surface area (Å²) in [4.78, 5) is 25.9. The Morgan fingerprint density at radius 2 is 1.50 bits per heavy atom. The molecule has 0 aliphatic rings. The van der Waals surface area contributed by atoms with E-state index in [1.807, 2.05) is 51.1 Å². The number of para-hydroxylation sites is 1. The molecule has 0 unspecified atom stereocenters. The highest BCUT2D eigenvalue weighted by Crippen LogP contribution is 2.39. The van der Waals surface area contributed by atoms with Gasteiger partial charge in [-0.05, 0) is 52.0 Å². The van der Waals surface area contributed by atoms with Gasteiger partial charge in [-0.3, -0.25) is 4.79 Å². The normalized spacial score (nSPS) is 10.5. The van der Waals surface area contributed by atoms with Crippen molar-refractivity contribution in [1.82, 2.24) is 9.78 Å². The molecule has 0 aliphatic carbocycles. The van der Waals surface area contributed by atoms with Crippen LogP contribution in [0, 0.1) is 0 Å². The first-order chi connectivity index (χ1) is 16.5. The molecule has 0 radical (unpaired) electrons. The van der Waals surface area contributed by atoms with Crippen LogP contribution in [-0.4, -0.2) is 48.1 Å². The first kappa shape index (κ1) is 24.6. The van der Waals surface area contributed by atoms with Crippen molar-refractivity contribution in [3.63, 3.8) is 0 Å². The van der Waals surface area contributed by atoms with Gasteiger partial charge < -0.3 is 24.3 Å². The van der Waals surface area contributed by atoms with Crippen molar-refractivity contribution in [3.05, 3.63) is 59.8 Å². The van der Waals surface area contributed by atoms with Crippen LogP contribution in [-0.2, 0) is 4.74 Å². The highest BCUT2D eigenvalue weighted by Gasteiger charge is 2.24. The minimum atomic E-state index is -0.586. The molecule has 9 heteroatoms. The number of anilines is 1. The lowest BCUT2D eigenvalue weighted by Gasteiger charge is -2.17. The van der Waals surface area contributed by atoms with Gasteiger partial charge in [0, 0.05) is 5.56 Å². The van der Waals surface area contributed by atoms with Crippen LogP contribution in [0.4, 0.5) is 5.82 Å². The van der Waals surface area contributed by atoms with E-state index in [4.69, 9.17) is 18.9 Å². The van der Waals surface area contributed by atoms with E-state index < -0.39 is 11.9 Å². The summed E-state index contributed by atoms with van der Waals surface area (Å²) in [5.74, 6) is 0.346. The number of aromatic nitrogens is 2. The Morgan fingerprint density at radius 1 is 0.882 bits per heavy atom. The highest BCUT2D eigenvalue weighted by atomic mass is 16.5. The summed E-state index contributed by atoms with van der Waals surface area (Å²) in [5.41, 5.74) is 1.08. The molecule has 1 amide bonds. The van der Waals surface area contributed by atoms with Crippen molar-refractivity contribution in [2.75, 3.05) is 31.7 Å². The molecule has 9 nitrogen and oxygen atoms in total. The summed E-state index contributed by atoms with van der Waals surface area (Å²) in [6, 6.07) is 12.3. The van der Waals surface area contributed by atoms with Crippen molar-refractivity contribution in [2.45, 2.75) is 27.7 Å². The van der Waals surface area contributed by atoms with Gasteiger partial charge in [0.05, 0.1) is 38.3 Å². The van der Waals surface area contributed by atoms with E-state index in [1.54, 1.807) is 19.1 Å². The largest absolute Gasteiger partial charge is 0.490 e. The quantitative estimate of drug-likeness (QED) is 0.415. The fourth-order valence-electron chi connectivity index (χ4n) is 3.29. The number of benzene rings is 2. The molecular weight excluding hydrogens is 438 g/mol. The van der Waals surface area contributed by atoms with Crippen molar-refractivity contribution < 1.29 is 28.5 Å². The van der Waals surface area contributed by atoms with Crippen molar-refractivity contribution in [3.8, 4) is 22.9 Å². The van der Waals surface area contributed by atoms with Crippen molar-refractivity contribution in [1.29, 1.82) is 0 Å². The number of ether oxygens (including phenoxy) is 4. The van der Waals surface area contributed by atoms with Gasteiger partial charge in [0.15, 0.2) is 17.3 Å². The number of rotatable bonds is 11. The molecule has 0 saturated carbocycles. The molecule has 2 aromatic carbocycles. The zero-order valence-corrected chi connectivity index (χ0v) is 19.8. The van der Waals surface area contributed by atoms with Gasteiger partial charge >= 0.3 is 5.97 Å². The third-order valence-corrected chi connectivity index (χ3v) is 4.67. The van der Waals surface area contributed by atoms with E-state index in [0.29, 0.717) is 42.8 Å². The lowest BCUT2D eigenvalue weighted by molar-refractivity contribution is 0.0527. The molecule has 0 aliphatic heterocycles. The standard InChI is InChI=1S/C25H29N3O6/c1-5-31-20-14-17(15-21(32-6-2)22(20)33-7-3)24(29)27-23-19(25(30)34-8-4)16-26-28(23)18-12-10-9-11-13-18/h9-16H,5-8H2,1-4H3,(H,27,29). The molecule has 3 rings (SSSR count). The van der Waals surface area contributed by atoms with E-state index >= 15 is 0 Å². The van der Waals surface area contributed by atoms with Crippen LogP contribution in [0.2, 0.25) is 0 Å². The Balaban J connectivity index is 2.05. The average molecular weight is 468 g/mol. The molecule has 0 spiro atoms. The van der Waals surface area contributed by atoms with Gasteiger partial charge in [0.1, 0.15) is 5.56 Å². The van der Waals surface area contributed by atoms with E-state index in [9.17, 15) is 9.59 Å². The molecule has 0 fully saturated rings. The number of esters is 1. The first-order valence-electron chi connectivity index (χ1n) is 11.2. The summed E-state index contributed by atoms with van der Waals surface area (Å²) in [6.07, 6.45) is 1.37. The monoisotopic (exact) mass is 467 g/mol. The Morgan fingerprint density at radius 3 is 2.06 bits per heavy atom. The molecule has 0 bridgehead atoms. The number of amides is 1. The number of carbonyl (C=O) groups excluding carboxylic acids is 2. The lowest BCUT2D eigenvalue weighted by Crippen LogP contribution is -2.18. The third-order valence-electron chi connectivity index (χ3n) is 4.67. The van der Waals surface area contributed by atoms with Gasteiger partial charge in [0.2, 0.25) is 5.75 Å². The van der Waals surface area contributed by atoms with Gasteiger partial charge in [-0.15, -0.1) is 0 Å². The van der Waals surface area contributed by atoms with Crippen LogP contribution in [0.15, 0.2) is 48.7 Å². The SMILES string of the molecule is CCOC(=O)c1cnn(-c2ccccc2)c1NC(=O)c1cc(OCC)c(OCC)c(OCC)c1. The Kier molecular flexibility index (Phi) is 8.50. The fourth-order valence-corrected chi connectivity index (χ4v) is 3.29. The van der Waals surface area contributed by atoms with Crippen molar-refractivity contribution in [2.24, 2.45) is 0 Å². The Bertz CT molecular complexity index is 1100. The number of carbonyl (C=O) groups is 2. The zero-order valence-electron chi connectivity index (χ0n) is 19.8. The maximum Gasteiger partial charge on any atom is 0.343 e. The van der Waals surface area contributed by atoms with Crippen LogP contribution < -0.4 is 19.5 Å². The molecule has 1 aromatic heterocycles. The van der Waals surface area contributed by atoms with Gasteiger partial charge in [-0.2, -0.15) is 5.10 Å². The summed E-state index contributed by atoms with van der Waals surface area (Å²) >= 11 is 0. The van der Waals surface area contributed by atoms with Gasteiger partial charge in [0.25, 0.3) is 5.91 Å². The van der Waals surface area contributed by atoms with Gasteiger partial charge in [-0.1, -0.05) is 18.2 Å². The van der Waals surface area contributed by atoms with Crippen LogP contribution >= 0.6 is 0 Å². The molecule has 180 valence electrons. The van der Waals surface area contributed by atoms with Crippen LogP contribution in [0.3, 0.4) is 0 Å². The molecule has 0 atom stereocenters. The maximum absolute atomic E-state index is 13.4. The van der Waals surface area contributed by atoms with Crippen LogP contribution in [0.25, 0.3) is 5.69 Å². The lowest BCUT2D eigenvalue weighted by atomic mass is 10.1. The molecular formula is C25H29N3O6. The molecule has 0 saturated heterocycles. The Labute approximate surface area is 198 Å². The minimum Gasteiger partial charge on any atom is -0.490 e. The topological polar surface area (TPSA) is 101 Å². The van der Waals surface area contributed by atoms with Crippen LogP contribution in [0.1, 0.15) is 48.4 Å². The predicted molar refractivity (Wildman–Crippen MR) is 127 cm³/mol. The third kappa shape index (κ3) is 5.48. The van der Waals surface area contributed by atoms with E-state index in [2.05, 4.69) is 10.4 Å². The average Bonchev–Trinajstić information content (AvgIpc) is 3.25. The zero-order chi connectivity index (χ0) is 24.5. The summed E-state index contributed by atoms with van der Waals surface area (Å²) in [6.45, 7) is 8.60. The fraction of sp³-hybridized carbons (Fsp3) is 0.320. The number of nitrogens with zero attached hydrogens (tertiary/aromatic N) is 2. The molecule has 1 heterocycles. The first-order valence-corrected chi connectivity index (χ1v) is 11.2. The molecule has 34 heavy (non-hydrogen) atoms. The second-order valence-electron chi connectivity index (χ2n) is 6.93. The summed E-state index contributed by atoms with van der Waals surface area (Å²) in [5, 5.41) is 7.11. The highest BCUT2D eigenvalue weighted by molar-refractivity contribution is 6.08. The molecule has 1 N–H and O–H groups in total. The number of nitrogens with one attached hydrogen (secondary N) is 1. The summed E-state index contributed by atoms with van der Waals surface area (Å²) < 4.78 is 23.8. The van der Waals surface area contributed by atoms with Crippen LogP contribution in [0.5, 0.6) is 17.2 Å².